The Morgan fingerprint density at radius 1 is 0.735 bits per heavy atom. The molecule has 0 bridgehead atoms. The molecular formula is C31H23N3. The normalized spacial score (nSPS) is 11.2. The van der Waals surface area contributed by atoms with Crippen molar-refractivity contribution in [2.24, 2.45) is 0 Å². The van der Waals surface area contributed by atoms with Gasteiger partial charge >= 0.3 is 0 Å². The Kier molecular flexibility index (Phi) is 4.81. The van der Waals surface area contributed by atoms with Crippen molar-refractivity contribution in [3.8, 4) is 22.4 Å². The summed E-state index contributed by atoms with van der Waals surface area (Å²) >= 11 is 0. The molecule has 3 nitrogen and oxygen atoms in total. The maximum atomic E-state index is 4.47. The van der Waals surface area contributed by atoms with Gasteiger partial charge in [0.2, 0.25) is 5.78 Å². The third-order valence-corrected chi connectivity index (χ3v) is 6.34. The first kappa shape index (κ1) is 20.1. The SMILES string of the molecule is C=C(c1ccc(-c2cnc3ncc(C)cn23)cc1)c1ccccc1-c1ccc2ccccc2c1. The summed E-state index contributed by atoms with van der Waals surface area (Å²) < 4.78 is 2.04. The van der Waals surface area contributed by atoms with Gasteiger partial charge in [-0.2, -0.15) is 0 Å². The molecule has 0 spiro atoms. The van der Waals surface area contributed by atoms with Gasteiger partial charge in [-0.3, -0.25) is 4.40 Å². The minimum Gasteiger partial charge on any atom is -0.283 e. The molecule has 34 heavy (non-hydrogen) atoms. The molecule has 0 radical (unpaired) electrons. The highest BCUT2D eigenvalue weighted by molar-refractivity contribution is 5.92. The van der Waals surface area contributed by atoms with Crippen molar-refractivity contribution in [2.45, 2.75) is 6.92 Å². The van der Waals surface area contributed by atoms with E-state index in [1.807, 2.05) is 23.7 Å². The predicted octanol–water partition coefficient (Wildman–Crippen LogP) is 7.59. The summed E-state index contributed by atoms with van der Waals surface area (Å²) in [6.07, 6.45) is 5.78. The molecule has 6 aromatic rings. The molecule has 3 heteroatoms. The molecule has 162 valence electrons. The Balaban J connectivity index is 1.37. The lowest BCUT2D eigenvalue weighted by atomic mass is 9.90. The van der Waals surface area contributed by atoms with Gasteiger partial charge in [0, 0.05) is 18.0 Å². The van der Waals surface area contributed by atoms with Crippen molar-refractivity contribution < 1.29 is 0 Å². The molecule has 0 N–H and O–H groups in total. The molecule has 0 fully saturated rings. The van der Waals surface area contributed by atoms with Crippen LogP contribution in [-0.2, 0) is 0 Å². The lowest BCUT2D eigenvalue weighted by Crippen LogP contribution is -1.93. The first-order valence-electron chi connectivity index (χ1n) is 11.4. The maximum Gasteiger partial charge on any atom is 0.234 e. The highest BCUT2D eigenvalue weighted by Crippen LogP contribution is 2.34. The largest absolute Gasteiger partial charge is 0.283 e. The standard InChI is InChI=1S/C31H23N3/c1-21-18-32-31-33-19-30(34(31)20-21)25-14-11-23(12-15-25)22(2)28-9-5-6-10-29(28)27-16-13-24-7-3-4-8-26(24)17-27/h3-20H,2H2,1H3. The zero-order valence-corrected chi connectivity index (χ0v) is 18.9. The summed E-state index contributed by atoms with van der Waals surface area (Å²) in [5.41, 5.74) is 8.85. The Morgan fingerprint density at radius 3 is 2.29 bits per heavy atom. The van der Waals surface area contributed by atoms with Gasteiger partial charge in [-0.15, -0.1) is 0 Å². The molecule has 0 atom stereocenters. The highest BCUT2D eigenvalue weighted by Gasteiger charge is 2.12. The Labute approximate surface area is 198 Å². The van der Waals surface area contributed by atoms with Crippen molar-refractivity contribution in [1.29, 1.82) is 0 Å². The molecule has 0 aliphatic rings. The van der Waals surface area contributed by atoms with E-state index in [4.69, 9.17) is 0 Å². The van der Waals surface area contributed by atoms with Gasteiger partial charge in [0.25, 0.3) is 0 Å². The molecule has 0 unspecified atom stereocenters. The van der Waals surface area contributed by atoms with Crippen molar-refractivity contribution in [3.05, 3.63) is 133 Å². The maximum absolute atomic E-state index is 4.47. The van der Waals surface area contributed by atoms with Crippen LogP contribution in [-0.4, -0.2) is 14.4 Å². The van der Waals surface area contributed by atoms with E-state index in [-0.39, 0.29) is 0 Å². The number of fused-ring (bicyclic) bond motifs is 2. The minimum absolute atomic E-state index is 0.707. The summed E-state index contributed by atoms with van der Waals surface area (Å²) in [7, 11) is 0. The van der Waals surface area contributed by atoms with Crippen LogP contribution in [0.5, 0.6) is 0 Å². The van der Waals surface area contributed by atoms with Gasteiger partial charge in [-0.05, 0) is 57.2 Å². The number of benzene rings is 4. The average Bonchev–Trinajstić information content (AvgIpc) is 3.31. The van der Waals surface area contributed by atoms with Crippen LogP contribution in [0, 0.1) is 6.92 Å². The van der Waals surface area contributed by atoms with E-state index in [0.717, 1.165) is 33.5 Å². The van der Waals surface area contributed by atoms with Crippen LogP contribution in [0.3, 0.4) is 0 Å². The fourth-order valence-corrected chi connectivity index (χ4v) is 4.54. The summed E-state index contributed by atoms with van der Waals surface area (Å²) in [5.74, 6) is 0.707. The van der Waals surface area contributed by atoms with Crippen molar-refractivity contribution in [1.82, 2.24) is 14.4 Å². The van der Waals surface area contributed by atoms with Crippen LogP contribution in [0.25, 0.3) is 44.5 Å². The third-order valence-electron chi connectivity index (χ3n) is 6.34. The van der Waals surface area contributed by atoms with Gasteiger partial charge < -0.3 is 0 Å². The summed E-state index contributed by atoms with van der Waals surface area (Å²) in [6.45, 7) is 6.51. The number of aromatic nitrogens is 3. The highest BCUT2D eigenvalue weighted by atomic mass is 15.1. The molecule has 2 aromatic heterocycles. The van der Waals surface area contributed by atoms with Crippen molar-refractivity contribution in [3.63, 3.8) is 0 Å². The first-order chi connectivity index (χ1) is 16.7. The number of hydrogen-bond donors (Lipinski definition) is 0. The van der Waals surface area contributed by atoms with E-state index >= 15 is 0 Å². The monoisotopic (exact) mass is 437 g/mol. The molecule has 0 aliphatic heterocycles. The van der Waals surface area contributed by atoms with Gasteiger partial charge in [0.05, 0.1) is 11.9 Å². The van der Waals surface area contributed by atoms with Gasteiger partial charge in [-0.1, -0.05) is 91.5 Å². The molecule has 4 aromatic carbocycles. The van der Waals surface area contributed by atoms with Crippen LogP contribution >= 0.6 is 0 Å². The lowest BCUT2D eigenvalue weighted by molar-refractivity contribution is 1.08. The Hall–Kier alpha value is -4.50. The number of rotatable bonds is 4. The lowest BCUT2D eigenvalue weighted by Gasteiger charge is -2.14. The number of imidazole rings is 1. The fraction of sp³-hybridized carbons (Fsp3) is 0.0323. The van der Waals surface area contributed by atoms with Crippen molar-refractivity contribution >= 4 is 22.1 Å². The third kappa shape index (κ3) is 3.48. The number of aryl methyl sites for hydroxylation is 1. The summed E-state index contributed by atoms with van der Waals surface area (Å²) in [4.78, 5) is 8.85. The summed E-state index contributed by atoms with van der Waals surface area (Å²) in [5, 5.41) is 2.48. The van der Waals surface area contributed by atoms with E-state index in [0.29, 0.717) is 5.78 Å². The zero-order chi connectivity index (χ0) is 23.1. The average molecular weight is 438 g/mol. The quantitative estimate of drug-likeness (QED) is 0.284. The first-order valence-corrected chi connectivity index (χ1v) is 11.4. The second kappa shape index (κ2) is 8.13. The van der Waals surface area contributed by atoms with E-state index in [1.165, 1.54) is 21.9 Å². The second-order valence-corrected chi connectivity index (χ2v) is 8.61. The minimum atomic E-state index is 0.707. The van der Waals surface area contributed by atoms with Gasteiger partial charge in [-0.25, -0.2) is 9.97 Å². The molecule has 0 saturated heterocycles. The van der Waals surface area contributed by atoms with E-state index < -0.39 is 0 Å². The van der Waals surface area contributed by atoms with E-state index in [2.05, 4.69) is 114 Å². The Bertz CT molecular complexity index is 1670. The van der Waals surface area contributed by atoms with Gasteiger partial charge in [0.1, 0.15) is 0 Å². The van der Waals surface area contributed by atoms with Crippen LogP contribution in [0.2, 0.25) is 0 Å². The summed E-state index contributed by atoms with van der Waals surface area (Å²) in [6, 6.07) is 32.1. The topological polar surface area (TPSA) is 30.2 Å². The number of nitrogens with zero attached hydrogens (tertiary/aromatic N) is 3. The molecule has 0 saturated carbocycles. The predicted molar refractivity (Wildman–Crippen MR) is 141 cm³/mol. The molecular weight excluding hydrogens is 414 g/mol. The van der Waals surface area contributed by atoms with Crippen LogP contribution < -0.4 is 0 Å². The van der Waals surface area contributed by atoms with E-state index in [9.17, 15) is 0 Å². The fourth-order valence-electron chi connectivity index (χ4n) is 4.54. The second-order valence-electron chi connectivity index (χ2n) is 8.61. The van der Waals surface area contributed by atoms with Crippen molar-refractivity contribution in [2.75, 3.05) is 0 Å². The smallest absolute Gasteiger partial charge is 0.234 e. The van der Waals surface area contributed by atoms with Crippen LogP contribution in [0.1, 0.15) is 16.7 Å². The van der Waals surface area contributed by atoms with Gasteiger partial charge in [0.15, 0.2) is 0 Å². The molecule has 6 rings (SSSR count). The molecule has 2 heterocycles. The van der Waals surface area contributed by atoms with Crippen LogP contribution in [0.15, 0.2) is 116 Å². The Morgan fingerprint density at radius 2 is 1.44 bits per heavy atom. The zero-order valence-electron chi connectivity index (χ0n) is 18.9. The van der Waals surface area contributed by atoms with E-state index in [1.54, 1.807) is 0 Å². The van der Waals surface area contributed by atoms with Crippen LogP contribution in [0.4, 0.5) is 0 Å². The molecule has 0 aliphatic carbocycles. The molecule has 0 amide bonds. The number of hydrogen-bond acceptors (Lipinski definition) is 2.